The molecule has 0 aromatic heterocycles. The Labute approximate surface area is 109 Å². The summed E-state index contributed by atoms with van der Waals surface area (Å²) in [6.07, 6.45) is 4.92. The van der Waals surface area contributed by atoms with E-state index in [0.29, 0.717) is 6.54 Å². The van der Waals surface area contributed by atoms with Crippen LogP contribution in [0.25, 0.3) is 0 Å². The van der Waals surface area contributed by atoms with E-state index < -0.39 is 0 Å². The highest BCUT2D eigenvalue weighted by atomic mass is 16.5. The summed E-state index contributed by atoms with van der Waals surface area (Å²) >= 11 is 0. The van der Waals surface area contributed by atoms with Crippen LogP contribution in [0.3, 0.4) is 0 Å². The number of hydrogen-bond donors (Lipinski definition) is 1. The van der Waals surface area contributed by atoms with Gasteiger partial charge in [-0.05, 0) is 12.8 Å². The summed E-state index contributed by atoms with van der Waals surface area (Å²) < 4.78 is 5.64. The van der Waals surface area contributed by atoms with E-state index >= 15 is 0 Å². The molecule has 0 spiro atoms. The van der Waals surface area contributed by atoms with Crippen LogP contribution in [0.1, 0.15) is 25.7 Å². The first kappa shape index (κ1) is 13.6. The number of nitrogens with zero attached hydrogens (tertiary/aromatic N) is 2. The van der Waals surface area contributed by atoms with Crippen molar-refractivity contribution in [1.29, 1.82) is 0 Å². The second-order valence-electron chi connectivity index (χ2n) is 5.26. The van der Waals surface area contributed by atoms with Crippen LogP contribution >= 0.6 is 0 Å². The maximum Gasteiger partial charge on any atom is 0.319 e. The van der Waals surface area contributed by atoms with Crippen molar-refractivity contribution >= 4 is 6.03 Å². The molecule has 2 amide bonds. The van der Waals surface area contributed by atoms with Crippen molar-refractivity contribution in [1.82, 2.24) is 15.1 Å². The van der Waals surface area contributed by atoms with Gasteiger partial charge >= 0.3 is 6.03 Å². The molecule has 0 saturated carbocycles. The van der Waals surface area contributed by atoms with Gasteiger partial charge in [-0.25, -0.2) is 4.79 Å². The molecule has 1 N–H and O–H groups in total. The Bertz CT molecular complexity index is 259. The maximum absolute atomic E-state index is 12.3. The zero-order valence-corrected chi connectivity index (χ0v) is 11.4. The Hall–Kier alpha value is -0.810. The fraction of sp³-hybridized carbons (Fsp3) is 0.923. The molecule has 2 heterocycles. The third-order valence-corrected chi connectivity index (χ3v) is 3.69. The number of ether oxygens (including phenoxy) is 1. The Kier molecular flexibility index (Phi) is 5.26. The van der Waals surface area contributed by atoms with E-state index in [-0.39, 0.29) is 12.1 Å². The number of morpholine rings is 1. The van der Waals surface area contributed by atoms with Gasteiger partial charge in [-0.2, -0.15) is 0 Å². The number of nitrogens with one attached hydrogen (secondary N) is 1. The van der Waals surface area contributed by atoms with Gasteiger partial charge in [0.25, 0.3) is 0 Å². The zero-order valence-electron chi connectivity index (χ0n) is 11.4. The van der Waals surface area contributed by atoms with E-state index in [1.807, 2.05) is 16.8 Å². The molecule has 2 aliphatic rings. The molecular weight excluding hydrogens is 230 g/mol. The van der Waals surface area contributed by atoms with E-state index in [0.717, 1.165) is 45.6 Å². The molecule has 104 valence electrons. The molecule has 2 rings (SSSR count). The number of urea groups is 1. The summed E-state index contributed by atoms with van der Waals surface area (Å²) in [6, 6.07) is 0.158. The number of likely N-dealkylation sites (tertiary alicyclic amines) is 1. The van der Waals surface area contributed by atoms with Crippen LogP contribution in [0.4, 0.5) is 4.79 Å². The summed E-state index contributed by atoms with van der Waals surface area (Å²) in [5, 5.41) is 3.29. The van der Waals surface area contributed by atoms with E-state index in [1.165, 1.54) is 12.8 Å². The first-order chi connectivity index (χ1) is 8.77. The molecule has 2 aliphatic heterocycles. The minimum atomic E-state index is 0.139. The fourth-order valence-electron chi connectivity index (χ4n) is 2.62. The van der Waals surface area contributed by atoms with E-state index in [4.69, 9.17) is 4.74 Å². The summed E-state index contributed by atoms with van der Waals surface area (Å²) in [5.41, 5.74) is 0. The lowest BCUT2D eigenvalue weighted by molar-refractivity contribution is 0.0130. The largest absolute Gasteiger partial charge is 0.374 e. The van der Waals surface area contributed by atoms with Crippen LogP contribution in [0, 0.1) is 0 Å². The molecule has 1 unspecified atom stereocenters. The number of carbonyl (C=O) groups is 1. The van der Waals surface area contributed by atoms with Gasteiger partial charge in [-0.15, -0.1) is 0 Å². The number of hydrogen-bond acceptors (Lipinski definition) is 3. The van der Waals surface area contributed by atoms with Crippen LogP contribution in [0.15, 0.2) is 0 Å². The highest BCUT2D eigenvalue weighted by molar-refractivity contribution is 5.74. The van der Waals surface area contributed by atoms with Gasteiger partial charge in [-0.1, -0.05) is 12.8 Å². The highest BCUT2D eigenvalue weighted by Crippen LogP contribution is 2.11. The third kappa shape index (κ3) is 3.85. The first-order valence-electron chi connectivity index (χ1n) is 7.10. The molecule has 18 heavy (non-hydrogen) atoms. The quantitative estimate of drug-likeness (QED) is 0.797. The number of carbonyl (C=O) groups excluding carboxylic acids is 1. The topological polar surface area (TPSA) is 44.8 Å². The molecule has 1 atom stereocenters. The minimum Gasteiger partial charge on any atom is -0.374 e. The molecule has 0 radical (unpaired) electrons. The molecule has 5 nitrogen and oxygen atoms in total. The smallest absolute Gasteiger partial charge is 0.319 e. The Morgan fingerprint density at radius 1 is 1.33 bits per heavy atom. The fourth-order valence-corrected chi connectivity index (χ4v) is 2.62. The van der Waals surface area contributed by atoms with Crippen LogP contribution in [0.2, 0.25) is 0 Å². The second-order valence-corrected chi connectivity index (χ2v) is 5.26. The Balaban J connectivity index is 1.79. The molecule has 0 aromatic carbocycles. The van der Waals surface area contributed by atoms with Crippen molar-refractivity contribution in [3.05, 3.63) is 0 Å². The monoisotopic (exact) mass is 255 g/mol. The predicted molar refractivity (Wildman–Crippen MR) is 70.7 cm³/mol. The molecule has 0 bridgehead atoms. The summed E-state index contributed by atoms with van der Waals surface area (Å²) in [6.45, 7) is 5.01. The summed E-state index contributed by atoms with van der Waals surface area (Å²) in [5.74, 6) is 0. The van der Waals surface area contributed by atoms with Crippen LogP contribution in [0.5, 0.6) is 0 Å². The van der Waals surface area contributed by atoms with Crippen molar-refractivity contribution < 1.29 is 9.53 Å². The standard InChI is InChI=1S/C13H25N3O2/c1-15(11-12-10-14-6-9-18-12)13(17)16-7-4-2-3-5-8-16/h12,14H,2-11H2,1H3. The first-order valence-corrected chi connectivity index (χ1v) is 7.10. The third-order valence-electron chi connectivity index (χ3n) is 3.69. The van der Waals surface area contributed by atoms with Crippen molar-refractivity contribution in [2.24, 2.45) is 0 Å². The van der Waals surface area contributed by atoms with Crippen molar-refractivity contribution in [3.8, 4) is 0 Å². The van der Waals surface area contributed by atoms with Gasteiger partial charge in [0.2, 0.25) is 0 Å². The van der Waals surface area contributed by atoms with E-state index in [9.17, 15) is 4.79 Å². The predicted octanol–water partition coefficient (Wildman–Crippen LogP) is 0.903. The normalized spacial score (nSPS) is 25.6. The Morgan fingerprint density at radius 3 is 2.67 bits per heavy atom. The SMILES string of the molecule is CN(CC1CNCCO1)C(=O)N1CCCCCC1. The lowest BCUT2D eigenvalue weighted by Gasteiger charge is -2.31. The van der Waals surface area contributed by atoms with Gasteiger partial charge in [-0.3, -0.25) is 0 Å². The van der Waals surface area contributed by atoms with Crippen LogP contribution in [-0.4, -0.2) is 68.3 Å². The van der Waals surface area contributed by atoms with Crippen LogP contribution < -0.4 is 5.32 Å². The van der Waals surface area contributed by atoms with Gasteiger partial charge in [0.1, 0.15) is 0 Å². The number of rotatable bonds is 2. The van der Waals surface area contributed by atoms with Crippen LogP contribution in [-0.2, 0) is 4.74 Å². The Morgan fingerprint density at radius 2 is 2.06 bits per heavy atom. The number of likely N-dealkylation sites (N-methyl/N-ethyl adjacent to an activating group) is 1. The lowest BCUT2D eigenvalue weighted by Crippen LogP contribution is -2.49. The van der Waals surface area contributed by atoms with E-state index in [2.05, 4.69) is 5.32 Å². The summed E-state index contributed by atoms with van der Waals surface area (Å²) in [7, 11) is 1.88. The molecule has 2 saturated heterocycles. The average Bonchev–Trinajstić information content (AvgIpc) is 2.68. The molecular formula is C13H25N3O2. The second kappa shape index (κ2) is 6.95. The summed E-state index contributed by atoms with van der Waals surface area (Å²) in [4.78, 5) is 16.1. The highest BCUT2D eigenvalue weighted by Gasteiger charge is 2.22. The van der Waals surface area contributed by atoms with Crippen molar-refractivity contribution in [2.45, 2.75) is 31.8 Å². The van der Waals surface area contributed by atoms with Crippen molar-refractivity contribution in [2.75, 3.05) is 46.4 Å². The average molecular weight is 255 g/mol. The molecule has 0 aliphatic carbocycles. The molecule has 2 fully saturated rings. The van der Waals surface area contributed by atoms with Gasteiger partial charge in [0.05, 0.1) is 12.7 Å². The van der Waals surface area contributed by atoms with Gasteiger partial charge in [0.15, 0.2) is 0 Å². The maximum atomic E-state index is 12.3. The molecule has 5 heteroatoms. The molecule has 0 aromatic rings. The van der Waals surface area contributed by atoms with Gasteiger partial charge in [0, 0.05) is 39.8 Å². The lowest BCUT2D eigenvalue weighted by atomic mass is 10.2. The minimum absolute atomic E-state index is 0.139. The van der Waals surface area contributed by atoms with E-state index in [1.54, 1.807) is 0 Å². The van der Waals surface area contributed by atoms with Gasteiger partial charge < -0.3 is 19.9 Å². The number of amides is 2. The zero-order chi connectivity index (χ0) is 12.8. The van der Waals surface area contributed by atoms with Crippen molar-refractivity contribution in [3.63, 3.8) is 0 Å².